The molecule has 2 atom stereocenters. The SMILES string of the molecule is CC(CC1COCCO1)[P+](c1ccccc1)(c1ccccc1)c1ccccc1.[I-]. The maximum Gasteiger partial charge on any atom is 0.114 e. The van der Waals surface area contributed by atoms with Gasteiger partial charge in [0.05, 0.1) is 31.6 Å². The standard InChI is InChI=1S/C25H28O2P.HI/c1-21(19-22-20-26-17-18-27-22)28(23-11-5-2-6-12-23,24-13-7-3-8-14-24)25-15-9-4-10-16-25;/h2-16,21-22H,17-20H2,1H3;1H/q+1;/p-1. The Kier molecular flexibility index (Phi) is 8.25. The molecule has 0 aliphatic carbocycles. The number of benzene rings is 3. The number of ether oxygens (including phenoxy) is 2. The van der Waals surface area contributed by atoms with E-state index in [0.717, 1.165) is 6.42 Å². The fourth-order valence-electron chi connectivity index (χ4n) is 4.41. The van der Waals surface area contributed by atoms with E-state index in [1.54, 1.807) is 0 Å². The second-order valence-corrected chi connectivity index (χ2v) is 11.3. The average Bonchev–Trinajstić information content (AvgIpc) is 2.77. The van der Waals surface area contributed by atoms with Gasteiger partial charge in [-0.15, -0.1) is 0 Å². The number of rotatable bonds is 6. The minimum Gasteiger partial charge on any atom is -1.00 e. The van der Waals surface area contributed by atoms with E-state index in [1.807, 2.05) is 0 Å². The zero-order valence-corrected chi connectivity index (χ0v) is 19.8. The van der Waals surface area contributed by atoms with Crippen LogP contribution in [0.5, 0.6) is 0 Å². The minimum absolute atomic E-state index is 0. The van der Waals surface area contributed by atoms with Gasteiger partial charge in [0.15, 0.2) is 0 Å². The smallest absolute Gasteiger partial charge is 0.114 e. The van der Waals surface area contributed by atoms with Gasteiger partial charge in [0.1, 0.15) is 23.2 Å². The van der Waals surface area contributed by atoms with Crippen molar-refractivity contribution in [3.63, 3.8) is 0 Å². The number of hydrogen-bond donors (Lipinski definition) is 0. The first kappa shape index (κ1) is 22.4. The molecule has 152 valence electrons. The van der Waals surface area contributed by atoms with Gasteiger partial charge in [0, 0.05) is 6.42 Å². The van der Waals surface area contributed by atoms with Crippen LogP contribution in [0, 0.1) is 0 Å². The molecule has 0 amide bonds. The number of hydrogen-bond acceptors (Lipinski definition) is 2. The third kappa shape index (κ3) is 4.74. The summed E-state index contributed by atoms with van der Waals surface area (Å²) >= 11 is 0. The highest BCUT2D eigenvalue weighted by Crippen LogP contribution is 2.60. The predicted octanol–water partition coefficient (Wildman–Crippen LogP) is 1.18. The van der Waals surface area contributed by atoms with E-state index in [4.69, 9.17) is 9.47 Å². The van der Waals surface area contributed by atoms with Crippen LogP contribution in [0.15, 0.2) is 91.0 Å². The molecule has 1 heterocycles. The second kappa shape index (κ2) is 10.7. The van der Waals surface area contributed by atoms with Gasteiger partial charge in [-0.05, 0) is 43.3 Å². The largest absolute Gasteiger partial charge is 1.00 e. The maximum atomic E-state index is 6.04. The summed E-state index contributed by atoms with van der Waals surface area (Å²) in [5.74, 6) is 0. The van der Waals surface area contributed by atoms with Gasteiger partial charge in [0.25, 0.3) is 0 Å². The molecule has 1 fully saturated rings. The van der Waals surface area contributed by atoms with Crippen LogP contribution in [0.2, 0.25) is 0 Å². The number of halogens is 1. The first-order valence-corrected chi connectivity index (χ1v) is 11.9. The Morgan fingerprint density at radius 2 is 1.21 bits per heavy atom. The molecule has 4 heteroatoms. The molecule has 2 unspecified atom stereocenters. The third-order valence-corrected chi connectivity index (χ3v) is 10.5. The highest BCUT2D eigenvalue weighted by Gasteiger charge is 2.50. The van der Waals surface area contributed by atoms with Crippen LogP contribution in [0.4, 0.5) is 0 Å². The van der Waals surface area contributed by atoms with Crippen molar-refractivity contribution < 1.29 is 33.5 Å². The van der Waals surface area contributed by atoms with E-state index in [9.17, 15) is 0 Å². The van der Waals surface area contributed by atoms with Gasteiger partial charge < -0.3 is 33.5 Å². The van der Waals surface area contributed by atoms with Crippen molar-refractivity contribution in [1.29, 1.82) is 0 Å². The predicted molar refractivity (Wildman–Crippen MR) is 120 cm³/mol. The van der Waals surface area contributed by atoms with Crippen molar-refractivity contribution >= 4 is 23.2 Å². The van der Waals surface area contributed by atoms with E-state index in [2.05, 4.69) is 97.9 Å². The van der Waals surface area contributed by atoms with Gasteiger partial charge >= 0.3 is 0 Å². The summed E-state index contributed by atoms with van der Waals surface area (Å²) in [6, 6.07) is 33.2. The Bertz CT molecular complexity index is 755. The summed E-state index contributed by atoms with van der Waals surface area (Å²) in [6.45, 7) is 4.51. The van der Waals surface area contributed by atoms with Crippen LogP contribution in [0.3, 0.4) is 0 Å². The molecule has 1 saturated heterocycles. The van der Waals surface area contributed by atoms with Crippen LogP contribution < -0.4 is 39.9 Å². The lowest BCUT2D eigenvalue weighted by atomic mass is 10.2. The molecular weight excluding hydrogens is 490 g/mol. The van der Waals surface area contributed by atoms with Crippen LogP contribution >= 0.6 is 7.26 Å². The van der Waals surface area contributed by atoms with Gasteiger partial charge in [-0.3, -0.25) is 0 Å². The molecular formula is C25H28IO2P. The molecule has 0 bridgehead atoms. The van der Waals surface area contributed by atoms with Gasteiger partial charge in [-0.2, -0.15) is 0 Å². The second-order valence-electron chi connectivity index (χ2n) is 7.38. The first-order chi connectivity index (χ1) is 13.8. The Labute approximate surface area is 192 Å². The highest BCUT2D eigenvalue weighted by molar-refractivity contribution is 7.96. The highest BCUT2D eigenvalue weighted by atomic mass is 127. The lowest BCUT2D eigenvalue weighted by Gasteiger charge is -2.35. The Balaban J connectivity index is 0.00000240. The van der Waals surface area contributed by atoms with Crippen LogP contribution in [0.1, 0.15) is 13.3 Å². The molecule has 2 nitrogen and oxygen atoms in total. The first-order valence-electron chi connectivity index (χ1n) is 10.1. The summed E-state index contributed by atoms with van der Waals surface area (Å²) in [5, 5.41) is 4.28. The van der Waals surface area contributed by atoms with Crippen molar-refractivity contribution in [3.05, 3.63) is 91.0 Å². The summed E-state index contributed by atoms with van der Waals surface area (Å²) in [7, 11) is -1.85. The Hall–Kier alpha value is -1.26. The topological polar surface area (TPSA) is 18.5 Å². The van der Waals surface area contributed by atoms with E-state index in [0.29, 0.717) is 25.5 Å². The molecule has 3 aromatic rings. The third-order valence-electron chi connectivity index (χ3n) is 5.64. The molecule has 0 radical (unpaired) electrons. The summed E-state index contributed by atoms with van der Waals surface area (Å²) in [6.07, 6.45) is 1.16. The van der Waals surface area contributed by atoms with E-state index < -0.39 is 7.26 Å². The Morgan fingerprint density at radius 3 is 1.59 bits per heavy atom. The monoisotopic (exact) mass is 518 g/mol. The van der Waals surface area contributed by atoms with E-state index in [-0.39, 0.29) is 30.1 Å². The van der Waals surface area contributed by atoms with Crippen molar-refractivity contribution in [3.8, 4) is 0 Å². The van der Waals surface area contributed by atoms with Crippen LogP contribution in [-0.2, 0) is 9.47 Å². The molecule has 1 aliphatic rings. The van der Waals surface area contributed by atoms with Crippen LogP contribution in [-0.4, -0.2) is 31.6 Å². The molecule has 0 N–H and O–H groups in total. The van der Waals surface area contributed by atoms with E-state index >= 15 is 0 Å². The van der Waals surface area contributed by atoms with E-state index in [1.165, 1.54) is 15.9 Å². The lowest BCUT2D eigenvalue weighted by molar-refractivity contribution is -0.0902. The molecule has 4 rings (SSSR count). The average molecular weight is 518 g/mol. The zero-order chi connectivity index (χ0) is 19.2. The molecule has 3 aromatic carbocycles. The molecule has 0 spiro atoms. The molecule has 29 heavy (non-hydrogen) atoms. The quantitative estimate of drug-likeness (QED) is 0.361. The fourth-order valence-corrected chi connectivity index (χ4v) is 9.31. The van der Waals surface area contributed by atoms with Gasteiger partial charge in [-0.1, -0.05) is 54.6 Å². The molecule has 0 aromatic heterocycles. The normalized spacial score (nSPS) is 17.9. The summed E-state index contributed by atoms with van der Waals surface area (Å²) < 4.78 is 11.7. The lowest BCUT2D eigenvalue weighted by Crippen LogP contribution is -3.00. The van der Waals surface area contributed by atoms with Crippen LogP contribution in [0.25, 0.3) is 0 Å². The maximum absolute atomic E-state index is 6.04. The minimum atomic E-state index is -1.85. The van der Waals surface area contributed by atoms with Crippen molar-refractivity contribution in [2.75, 3.05) is 19.8 Å². The molecule has 1 aliphatic heterocycles. The van der Waals surface area contributed by atoms with Crippen molar-refractivity contribution in [2.45, 2.75) is 25.1 Å². The van der Waals surface area contributed by atoms with Gasteiger partial charge in [-0.25, -0.2) is 0 Å². The summed E-state index contributed by atoms with van der Waals surface area (Å²) in [4.78, 5) is 0. The van der Waals surface area contributed by atoms with Crippen molar-refractivity contribution in [1.82, 2.24) is 0 Å². The van der Waals surface area contributed by atoms with Gasteiger partial charge in [0.2, 0.25) is 0 Å². The fraction of sp³-hybridized carbons (Fsp3) is 0.280. The molecule has 0 saturated carbocycles. The Morgan fingerprint density at radius 1 is 0.759 bits per heavy atom. The zero-order valence-electron chi connectivity index (χ0n) is 16.8. The van der Waals surface area contributed by atoms with Crippen molar-refractivity contribution in [2.24, 2.45) is 0 Å². The summed E-state index contributed by atoms with van der Waals surface area (Å²) in [5.41, 5.74) is 0.436.